The molecule has 0 bridgehead atoms. The number of esters is 2. The van der Waals surface area contributed by atoms with Crippen LogP contribution in [0.5, 0.6) is 11.5 Å². The molecule has 0 aliphatic rings. The Balaban J connectivity index is 2.56. The lowest BCUT2D eigenvalue weighted by molar-refractivity contribution is -0.359. The summed E-state index contributed by atoms with van der Waals surface area (Å²) >= 11 is 0. The molecule has 0 N–H and O–H groups in total. The Bertz CT molecular complexity index is 716. The van der Waals surface area contributed by atoms with Gasteiger partial charge in [-0.2, -0.15) is 30.7 Å². The summed E-state index contributed by atoms with van der Waals surface area (Å²) < 4.78 is 102. The first-order valence-electron chi connectivity index (χ1n) is 8.11. The minimum Gasteiger partial charge on any atom is -0.487 e. The highest BCUT2D eigenvalue weighted by Crippen LogP contribution is 2.46. The lowest BCUT2D eigenvalue weighted by Crippen LogP contribution is -2.54. The quantitative estimate of drug-likeness (QED) is 0.325. The van der Waals surface area contributed by atoms with Crippen molar-refractivity contribution in [3.8, 4) is 11.5 Å². The molecular formula is C17H17F7O5. The van der Waals surface area contributed by atoms with Crippen LogP contribution in [0.15, 0.2) is 24.3 Å². The van der Waals surface area contributed by atoms with Crippen LogP contribution >= 0.6 is 0 Å². The maximum Gasteiger partial charge on any atom is 0.460 e. The van der Waals surface area contributed by atoms with E-state index in [0.717, 1.165) is 0 Å². The van der Waals surface area contributed by atoms with Crippen molar-refractivity contribution in [3.05, 3.63) is 24.3 Å². The summed E-state index contributed by atoms with van der Waals surface area (Å²) in [6, 6.07) is 6.00. The highest BCUT2D eigenvalue weighted by Gasteiger charge is 2.73. The molecule has 0 aliphatic heterocycles. The summed E-state index contributed by atoms with van der Waals surface area (Å²) in [5, 5.41) is 0. The van der Waals surface area contributed by atoms with Crippen LogP contribution in [0, 0.1) is 0 Å². The van der Waals surface area contributed by atoms with E-state index in [-0.39, 0.29) is 17.6 Å². The van der Waals surface area contributed by atoms with Gasteiger partial charge in [0.2, 0.25) is 0 Å². The molecular weight excluding hydrogens is 417 g/mol. The van der Waals surface area contributed by atoms with Gasteiger partial charge >= 0.3 is 30.0 Å². The topological polar surface area (TPSA) is 61.8 Å². The smallest absolute Gasteiger partial charge is 0.460 e. The van der Waals surface area contributed by atoms with E-state index in [0.29, 0.717) is 0 Å². The van der Waals surface area contributed by atoms with Gasteiger partial charge in [0, 0.05) is 0 Å². The molecule has 1 aromatic rings. The SMILES string of the molecule is CC(C)Oc1ccccc1OC(=O)CCC(=O)OCC(F)(F)C(F)(F)C(F)(F)F. The van der Waals surface area contributed by atoms with Gasteiger partial charge in [-0.05, 0) is 26.0 Å². The van der Waals surface area contributed by atoms with Gasteiger partial charge in [-0.3, -0.25) is 9.59 Å². The van der Waals surface area contributed by atoms with Crippen LogP contribution < -0.4 is 9.47 Å². The fourth-order valence-electron chi connectivity index (χ4n) is 1.80. The maximum absolute atomic E-state index is 13.0. The number of hydrogen-bond acceptors (Lipinski definition) is 5. The zero-order chi connectivity index (χ0) is 22.5. The fraction of sp³-hybridized carbons (Fsp3) is 0.529. The van der Waals surface area contributed by atoms with Crippen molar-refractivity contribution in [1.29, 1.82) is 0 Å². The molecule has 29 heavy (non-hydrogen) atoms. The number of ether oxygens (including phenoxy) is 3. The summed E-state index contributed by atoms with van der Waals surface area (Å²) in [5.74, 6) is -14.4. The molecule has 0 aromatic heterocycles. The number of hydrogen-bond donors (Lipinski definition) is 0. The first-order valence-corrected chi connectivity index (χ1v) is 8.11. The molecule has 0 unspecified atom stereocenters. The van der Waals surface area contributed by atoms with Crippen LogP contribution in [0.2, 0.25) is 0 Å². The molecule has 0 saturated heterocycles. The number of benzene rings is 1. The molecule has 0 amide bonds. The molecule has 0 radical (unpaired) electrons. The predicted octanol–water partition coefficient (Wildman–Crippen LogP) is 4.54. The second-order valence-corrected chi connectivity index (χ2v) is 6.02. The maximum atomic E-state index is 13.0. The van der Waals surface area contributed by atoms with E-state index in [4.69, 9.17) is 9.47 Å². The van der Waals surface area contributed by atoms with E-state index < -0.39 is 49.4 Å². The predicted molar refractivity (Wildman–Crippen MR) is 84.0 cm³/mol. The van der Waals surface area contributed by atoms with Gasteiger partial charge in [-0.15, -0.1) is 0 Å². The highest BCUT2D eigenvalue weighted by molar-refractivity contribution is 5.79. The Morgan fingerprint density at radius 1 is 0.897 bits per heavy atom. The van der Waals surface area contributed by atoms with Gasteiger partial charge in [-0.1, -0.05) is 12.1 Å². The van der Waals surface area contributed by atoms with Gasteiger partial charge < -0.3 is 14.2 Å². The zero-order valence-electron chi connectivity index (χ0n) is 15.2. The number of rotatable bonds is 9. The van der Waals surface area contributed by atoms with Crippen molar-refractivity contribution in [1.82, 2.24) is 0 Å². The van der Waals surface area contributed by atoms with Crippen LogP contribution in [0.1, 0.15) is 26.7 Å². The largest absolute Gasteiger partial charge is 0.487 e. The van der Waals surface area contributed by atoms with E-state index >= 15 is 0 Å². The number of alkyl halides is 7. The van der Waals surface area contributed by atoms with Crippen LogP contribution in [-0.4, -0.2) is 42.7 Å². The third-order valence-electron chi connectivity index (χ3n) is 3.20. The van der Waals surface area contributed by atoms with Gasteiger partial charge in [0.15, 0.2) is 18.1 Å². The van der Waals surface area contributed by atoms with E-state index in [2.05, 4.69) is 4.74 Å². The van der Waals surface area contributed by atoms with Crippen molar-refractivity contribution in [2.75, 3.05) is 6.61 Å². The average Bonchev–Trinajstić information content (AvgIpc) is 2.58. The van der Waals surface area contributed by atoms with Crippen molar-refractivity contribution in [3.63, 3.8) is 0 Å². The minimum atomic E-state index is -6.53. The lowest BCUT2D eigenvalue weighted by Gasteiger charge is -2.27. The summed E-state index contributed by atoms with van der Waals surface area (Å²) in [7, 11) is 0. The number of carbonyl (C=O) groups is 2. The van der Waals surface area contributed by atoms with Gasteiger partial charge in [0.25, 0.3) is 0 Å². The number of carbonyl (C=O) groups excluding carboxylic acids is 2. The fourth-order valence-corrected chi connectivity index (χ4v) is 1.80. The third kappa shape index (κ3) is 6.79. The third-order valence-corrected chi connectivity index (χ3v) is 3.20. The molecule has 164 valence electrons. The van der Waals surface area contributed by atoms with Crippen LogP contribution in [0.4, 0.5) is 30.7 Å². The first kappa shape index (κ1) is 24.5. The molecule has 12 heteroatoms. The number of halogens is 7. The monoisotopic (exact) mass is 434 g/mol. The number of para-hydroxylation sites is 2. The molecule has 0 saturated carbocycles. The van der Waals surface area contributed by atoms with Crippen LogP contribution in [-0.2, 0) is 14.3 Å². The Hall–Kier alpha value is -2.53. The molecule has 1 rings (SSSR count). The van der Waals surface area contributed by atoms with Gasteiger partial charge in [0.1, 0.15) is 0 Å². The standard InChI is InChI=1S/C17H17F7O5/c1-10(2)28-11-5-3-4-6-12(11)29-14(26)8-7-13(25)27-9-15(18,19)16(20,21)17(22,23)24/h3-6,10H,7-9H2,1-2H3. The molecule has 0 aliphatic carbocycles. The highest BCUT2D eigenvalue weighted by atomic mass is 19.4. The molecule has 0 fully saturated rings. The molecule has 0 heterocycles. The second-order valence-electron chi connectivity index (χ2n) is 6.02. The summed E-state index contributed by atoms with van der Waals surface area (Å²) in [6.45, 7) is 0.928. The van der Waals surface area contributed by atoms with Gasteiger partial charge in [0.05, 0.1) is 18.9 Å². The van der Waals surface area contributed by atoms with Crippen LogP contribution in [0.25, 0.3) is 0 Å². The van der Waals surface area contributed by atoms with E-state index in [1.807, 2.05) is 0 Å². The Morgan fingerprint density at radius 3 is 1.93 bits per heavy atom. The summed E-state index contributed by atoms with van der Waals surface area (Å²) in [6.07, 6.45) is -8.35. The zero-order valence-corrected chi connectivity index (χ0v) is 15.2. The van der Waals surface area contributed by atoms with Gasteiger partial charge in [-0.25, -0.2) is 0 Å². The van der Waals surface area contributed by atoms with Crippen molar-refractivity contribution in [2.24, 2.45) is 0 Å². The van der Waals surface area contributed by atoms with E-state index in [9.17, 15) is 40.3 Å². The van der Waals surface area contributed by atoms with Crippen molar-refractivity contribution < 1.29 is 54.5 Å². The Labute approximate surface area is 160 Å². The molecule has 0 atom stereocenters. The van der Waals surface area contributed by atoms with E-state index in [1.54, 1.807) is 19.9 Å². The molecule has 5 nitrogen and oxygen atoms in total. The average molecular weight is 434 g/mol. The van der Waals surface area contributed by atoms with E-state index in [1.165, 1.54) is 18.2 Å². The van der Waals surface area contributed by atoms with Crippen molar-refractivity contribution >= 4 is 11.9 Å². The minimum absolute atomic E-state index is 0.0101. The second kappa shape index (κ2) is 9.31. The molecule has 0 spiro atoms. The normalized spacial score (nSPS) is 12.6. The first-order chi connectivity index (χ1) is 13.2. The van der Waals surface area contributed by atoms with Crippen LogP contribution in [0.3, 0.4) is 0 Å². The van der Waals surface area contributed by atoms with Crippen molar-refractivity contribution in [2.45, 2.75) is 50.8 Å². The molecule has 1 aromatic carbocycles. The lowest BCUT2D eigenvalue weighted by atomic mass is 10.2. The summed E-state index contributed by atoms with van der Waals surface area (Å²) in [4.78, 5) is 23.1. The Morgan fingerprint density at radius 2 is 1.41 bits per heavy atom. The Kier molecular flexibility index (Phi) is 7.87. The summed E-state index contributed by atoms with van der Waals surface area (Å²) in [5.41, 5.74) is 0.